The van der Waals surface area contributed by atoms with E-state index in [2.05, 4.69) is 10.6 Å². The van der Waals surface area contributed by atoms with E-state index in [-0.39, 0.29) is 5.56 Å². The van der Waals surface area contributed by atoms with Gasteiger partial charge in [-0.1, -0.05) is 0 Å². The first kappa shape index (κ1) is 12.8. The number of carboxylic acid groups (broad SMARTS) is 1. The smallest absolute Gasteiger partial charge is 0.337 e. The van der Waals surface area contributed by atoms with Crippen LogP contribution in [0.25, 0.3) is 0 Å². The number of urea groups is 1. The highest BCUT2D eigenvalue weighted by molar-refractivity contribution is 14.1. The third kappa shape index (κ3) is 3.37. The highest BCUT2D eigenvalue weighted by atomic mass is 127. The standard InChI is InChI=1S/C10H11IN2O3/c1-2-12-10(16)13-8-4-3-6(11)5-7(8)9(14)15/h3-5H,2H2,1H3,(H,14,15)(H2,12,13,16). The van der Waals surface area contributed by atoms with Gasteiger partial charge in [-0.25, -0.2) is 9.59 Å². The molecule has 0 radical (unpaired) electrons. The minimum Gasteiger partial charge on any atom is -0.478 e. The van der Waals surface area contributed by atoms with E-state index in [1.807, 2.05) is 22.6 Å². The second kappa shape index (κ2) is 5.69. The van der Waals surface area contributed by atoms with Gasteiger partial charge < -0.3 is 15.7 Å². The van der Waals surface area contributed by atoms with Crippen molar-refractivity contribution in [2.75, 3.05) is 11.9 Å². The van der Waals surface area contributed by atoms with Crippen LogP contribution in [0.4, 0.5) is 10.5 Å². The number of rotatable bonds is 3. The number of aromatic carboxylic acids is 1. The molecule has 0 fully saturated rings. The monoisotopic (exact) mass is 334 g/mol. The lowest BCUT2D eigenvalue weighted by atomic mass is 10.2. The van der Waals surface area contributed by atoms with Crippen molar-refractivity contribution in [3.05, 3.63) is 27.3 Å². The Hall–Kier alpha value is -1.31. The van der Waals surface area contributed by atoms with Crippen LogP contribution < -0.4 is 10.6 Å². The fourth-order valence-corrected chi connectivity index (χ4v) is 1.62. The van der Waals surface area contributed by atoms with Crippen LogP contribution in [0, 0.1) is 3.57 Å². The summed E-state index contributed by atoms with van der Waals surface area (Å²) >= 11 is 2.01. The molecule has 3 N–H and O–H groups in total. The van der Waals surface area contributed by atoms with E-state index in [4.69, 9.17) is 5.11 Å². The molecule has 0 aromatic heterocycles. The van der Waals surface area contributed by atoms with Gasteiger partial charge in [0.05, 0.1) is 11.3 Å². The lowest BCUT2D eigenvalue weighted by molar-refractivity contribution is 0.0698. The molecule has 1 aromatic carbocycles. The van der Waals surface area contributed by atoms with Gasteiger partial charge in [0.2, 0.25) is 0 Å². The van der Waals surface area contributed by atoms with E-state index in [1.54, 1.807) is 19.1 Å². The second-order valence-electron chi connectivity index (χ2n) is 2.98. The molecule has 0 aliphatic heterocycles. The molecule has 1 aromatic rings. The minimum atomic E-state index is -1.06. The van der Waals surface area contributed by atoms with Crippen molar-refractivity contribution in [3.8, 4) is 0 Å². The van der Waals surface area contributed by atoms with Gasteiger partial charge in [-0.05, 0) is 47.7 Å². The van der Waals surface area contributed by atoms with E-state index < -0.39 is 12.0 Å². The van der Waals surface area contributed by atoms with Crippen molar-refractivity contribution in [2.24, 2.45) is 0 Å². The Bertz CT molecular complexity index is 421. The summed E-state index contributed by atoms with van der Waals surface area (Å²) in [5, 5.41) is 14.0. The number of amides is 2. The second-order valence-corrected chi connectivity index (χ2v) is 4.23. The van der Waals surface area contributed by atoms with Crippen molar-refractivity contribution < 1.29 is 14.7 Å². The molecule has 86 valence electrons. The molecule has 5 nitrogen and oxygen atoms in total. The number of nitrogens with one attached hydrogen (secondary N) is 2. The Balaban J connectivity index is 2.95. The molecule has 0 aliphatic carbocycles. The number of benzene rings is 1. The van der Waals surface area contributed by atoms with Crippen molar-refractivity contribution in [1.29, 1.82) is 0 Å². The summed E-state index contributed by atoms with van der Waals surface area (Å²) < 4.78 is 0.802. The molecule has 6 heteroatoms. The summed E-state index contributed by atoms with van der Waals surface area (Å²) in [5.74, 6) is -1.06. The van der Waals surface area contributed by atoms with Gasteiger partial charge in [0, 0.05) is 10.1 Å². The van der Waals surface area contributed by atoms with Gasteiger partial charge in [0.15, 0.2) is 0 Å². The van der Waals surface area contributed by atoms with Crippen LogP contribution in [0.1, 0.15) is 17.3 Å². The molecule has 0 saturated heterocycles. The van der Waals surface area contributed by atoms with E-state index in [0.29, 0.717) is 12.2 Å². The third-order valence-electron chi connectivity index (χ3n) is 1.80. The lowest BCUT2D eigenvalue weighted by Crippen LogP contribution is -2.29. The Morgan fingerprint density at radius 1 is 1.44 bits per heavy atom. The summed E-state index contributed by atoms with van der Waals surface area (Å²) in [4.78, 5) is 22.2. The average molecular weight is 334 g/mol. The van der Waals surface area contributed by atoms with Crippen LogP contribution in [0.2, 0.25) is 0 Å². The van der Waals surface area contributed by atoms with Crippen LogP contribution in [0.3, 0.4) is 0 Å². The molecule has 0 atom stereocenters. The normalized spacial score (nSPS) is 9.62. The Morgan fingerprint density at radius 2 is 2.12 bits per heavy atom. The molecule has 0 heterocycles. The molecule has 16 heavy (non-hydrogen) atoms. The number of carboxylic acids is 1. The van der Waals surface area contributed by atoms with Crippen LogP contribution in [0.15, 0.2) is 18.2 Å². The first-order chi connectivity index (χ1) is 7.54. The third-order valence-corrected chi connectivity index (χ3v) is 2.47. The molecule has 0 aliphatic rings. The predicted molar refractivity (Wildman–Crippen MR) is 68.8 cm³/mol. The average Bonchev–Trinajstić information content (AvgIpc) is 2.20. The van der Waals surface area contributed by atoms with E-state index in [9.17, 15) is 9.59 Å². The van der Waals surface area contributed by atoms with Gasteiger partial charge >= 0.3 is 12.0 Å². The van der Waals surface area contributed by atoms with Gasteiger partial charge in [-0.15, -0.1) is 0 Å². The maximum absolute atomic E-state index is 11.3. The van der Waals surface area contributed by atoms with E-state index in [0.717, 1.165) is 3.57 Å². The van der Waals surface area contributed by atoms with Crippen molar-refractivity contribution in [1.82, 2.24) is 5.32 Å². The topological polar surface area (TPSA) is 78.4 Å². The largest absolute Gasteiger partial charge is 0.478 e. The number of carbonyl (C=O) groups excluding carboxylic acids is 1. The SMILES string of the molecule is CCNC(=O)Nc1ccc(I)cc1C(=O)O. The number of hydrogen-bond donors (Lipinski definition) is 3. The van der Waals surface area contributed by atoms with E-state index in [1.165, 1.54) is 6.07 Å². The van der Waals surface area contributed by atoms with Gasteiger partial charge in [0.1, 0.15) is 0 Å². The van der Waals surface area contributed by atoms with Crippen LogP contribution >= 0.6 is 22.6 Å². The Kier molecular flexibility index (Phi) is 4.53. The number of halogens is 1. The molecular weight excluding hydrogens is 323 g/mol. The lowest BCUT2D eigenvalue weighted by Gasteiger charge is -2.09. The van der Waals surface area contributed by atoms with Crippen LogP contribution in [-0.2, 0) is 0 Å². The first-order valence-corrected chi connectivity index (χ1v) is 5.70. The highest BCUT2D eigenvalue weighted by Gasteiger charge is 2.12. The summed E-state index contributed by atoms with van der Waals surface area (Å²) in [6, 6.07) is 4.39. The molecule has 0 unspecified atom stereocenters. The zero-order valence-corrected chi connectivity index (χ0v) is 10.7. The number of carbonyl (C=O) groups is 2. The fourth-order valence-electron chi connectivity index (χ4n) is 1.13. The van der Waals surface area contributed by atoms with Crippen molar-refractivity contribution in [3.63, 3.8) is 0 Å². The minimum absolute atomic E-state index is 0.0816. The summed E-state index contributed by atoms with van der Waals surface area (Å²) in [5.41, 5.74) is 0.372. The molecule has 2 amide bonds. The van der Waals surface area contributed by atoms with Crippen molar-refractivity contribution >= 4 is 40.3 Å². The van der Waals surface area contributed by atoms with Crippen molar-refractivity contribution in [2.45, 2.75) is 6.92 Å². The fraction of sp³-hybridized carbons (Fsp3) is 0.200. The summed E-state index contributed by atoms with van der Waals surface area (Å²) in [6.45, 7) is 2.27. The molecule has 0 saturated carbocycles. The van der Waals surface area contributed by atoms with Gasteiger partial charge in [-0.3, -0.25) is 0 Å². The number of anilines is 1. The zero-order chi connectivity index (χ0) is 12.1. The summed E-state index contributed by atoms with van der Waals surface area (Å²) in [6.07, 6.45) is 0. The maximum atomic E-state index is 11.3. The molecule has 0 spiro atoms. The predicted octanol–water partition coefficient (Wildman–Crippen LogP) is 2.13. The Labute approximate surface area is 106 Å². The van der Waals surface area contributed by atoms with Gasteiger partial charge in [0.25, 0.3) is 0 Å². The molecular formula is C10H11IN2O3. The Morgan fingerprint density at radius 3 is 2.69 bits per heavy atom. The van der Waals surface area contributed by atoms with Crippen LogP contribution in [-0.4, -0.2) is 23.7 Å². The highest BCUT2D eigenvalue weighted by Crippen LogP contribution is 2.18. The molecule has 1 rings (SSSR count). The van der Waals surface area contributed by atoms with Gasteiger partial charge in [-0.2, -0.15) is 0 Å². The van der Waals surface area contributed by atoms with E-state index >= 15 is 0 Å². The summed E-state index contributed by atoms with van der Waals surface area (Å²) in [7, 11) is 0. The number of hydrogen-bond acceptors (Lipinski definition) is 2. The maximum Gasteiger partial charge on any atom is 0.337 e. The molecule has 0 bridgehead atoms. The quantitative estimate of drug-likeness (QED) is 0.741. The zero-order valence-electron chi connectivity index (χ0n) is 8.58. The first-order valence-electron chi connectivity index (χ1n) is 4.62. The van der Waals surface area contributed by atoms with Crippen LogP contribution in [0.5, 0.6) is 0 Å².